The average molecular weight is 246 g/mol. The molecule has 5 nitrogen and oxygen atoms in total. The van der Waals surface area contributed by atoms with Crippen LogP contribution in [0.15, 0.2) is 34.7 Å². The molecule has 0 bridgehead atoms. The van der Waals surface area contributed by atoms with Crippen LogP contribution in [-0.4, -0.2) is 24.3 Å². The van der Waals surface area contributed by atoms with E-state index in [1.165, 1.54) is 6.07 Å². The molecule has 0 amide bonds. The Balaban J connectivity index is 2.08. The van der Waals surface area contributed by atoms with Gasteiger partial charge in [-0.1, -0.05) is 6.07 Å². The lowest BCUT2D eigenvalue weighted by atomic mass is 10.1. The molecule has 0 unspecified atom stereocenters. The molecule has 0 radical (unpaired) electrons. The first-order valence-corrected chi connectivity index (χ1v) is 5.48. The summed E-state index contributed by atoms with van der Waals surface area (Å²) in [7, 11) is 0. The normalized spacial score (nSPS) is 13.3. The molecular weight excluding hydrogens is 236 g/mol. The third kappa shape index (κ3) is 1.69. The monoisotopic (exact) mass is 246 g/mol. The second-order valence-electron chi connectivity index (χ2n) is 3.80. The van der Waals surface area contributed by atoms with Crippen LogP contribution in [0.2, 0.25) is 0 Å². The number of carbonyl (C=O) groups is 1. The van der Waals surface area contributed by atoms with Crippen LogP contribution in [0.4, 0.5) is 0 Å². The zero-order valence-electron chi connectivity index (χ0n) is 9.38. The van der Waals surface area contributed by atoms with Crippen molar-refractivity contribution in [3.63, 3.8) is 0 Å². The second kappa shape index (κ2) is 4.10. The van der Waals surface area contributed by atoms with Gasteiger partial charge >= 0.3 is 5.97 Å². The van der Waals surface area contributed by atoms with Gasteiger partial charge in [0.1, 0.15) is 19.0 Å². The number of carboxylic acids is 1. The highest BCUT2D eigenvalue weighted by Gasteiger charge is 2.19. The molecule has 0 saturated carbocycles. The maximum absolute atomic E-state index is 10.8. The second-order valence-corrected chi connectivity index (χ2v) is 3.80. The fourth-order valence-electron chi connectivity index (χ4n) is 1.87. The highest BCUT2D eigenvalue weighted by Crippen LogP contribution is 2.40. The number of para-hydroxylation sites is 1. The maximum Gasteiger partial charge on any atom is 0.371 e. The van der Waals surface area contributed by atoms with E-state index in [-0.39, 0.29) is 5.76 Å². The third-order valence-electron chi connectivity index (χ3n) is 2.65. The van der Waals surface area contributed by atoms with Gasteiger partial charge in [-0.15, -0.1) is 0 Å². The summed E-state index contributed by atoms with van der Waals surface area (Å²) in [5, 5.41) is 8.83. The fraction of sp³-hybridized carbons (Fsp3) is 0.154. The Labute approximate surface area is 103 Å². The van der Waals surface area contributed by atoms with Crippen molar-refractivity contribution in [1.82, 2.24) is 0 Å². The van der Waals surface area contributed by atoms with Gasteiger partial charge in [0.05, 0.1) is 5.56 Å². The molecule has 0 spiro atoms. The Morgan fingerprint density at radius 3 is 2.72 bits per heavy atom. The minimum Gasteiger partial charge on any atom is -0.486 e. The number of fused-ring (bicyclic) bond motifs is 1. The van der Waals surface area contributed by atoms with Crippen molar-refractivity contribution < 1.29 is 23.8 Å². The molecule has 1 N–H and O–H groups in total. The fourth-order valence-corrected chi connectivity index (χ4v) is 1.87. The predicted molar refractivity (Wildman–Crippen MR) is 62.1 cm³/mol. The highest BCUT2D eigenvalue weighted by atomic mass is 16.6. The quantitative estimate of drug-likeness (QED) is 0.881. The van der Waals surface area contributed by atoms with E-state index in [1.807, 2.05) is 6.07 Å². The molecule has 0 fully saturated rings. The molecule has 2 heterocycles. The molecular formula is C13H10O5. The zero-order valence-corrected chi connectivity index (χ0v) is 9.38. The van der Waals surface area contributed by atoms with Gasteiger partial charge in [0.15, 0.2) is 11.5 Å². The van der Waals surface area contributed by atoms with Crippen molar-refractivity contribution in [3.8, 4) is 22.8 Å². The summed E-state index contributed by atoms with van der Waals surface area (Å²) in [5.41, 5.74) is 0.694. The summed E-state index contributed by atoms with van der Waals surface area (Å²) in [5.74, 6) is 0.499. The Kier molecular flexibility index (Phi) is 2.44. The lowest BCUT2D eigenvalue weighted by molar-refractivity contribution is 0.0663. The SMILES string of the molecule is O=C(O)c1ccc(-c2cccc3c2OCCO3)o1. The largest absolute Gasteiger partial charge is 0.486 e. The van der Waals surface area contributed by atoms with Crippen LogP contribution in [0, 0.1) is 0 Å². The molecule has 5 heteroatoms. The van der Waals surface area contributed by atoms with Gasteiger partial charge in [-0.05, 0) is 24.3 Å². The first kappa shape index (κ1) is 10.7. The Morgan fingerprint density at radius 2 is 1.94 bits per heavy atom. The van der Waals surface area contributed by atoms with Gasteiger partial charge in [0.2, 0.25) is 5.76 Å². The van der Waals surface area contributed by atoms with Crippen molar-refractivity contribution in [1.29, 1.82) is 0 Å². The molecule has 3 rings (SSSR count). The summed E-state index contributed by atoms with van der Waals surface area (Å²) in [6.45, 7) is 0.978. The maximum atomic E-state index is 10.8. The first-order chi connectivity index (χ1) is 8.75. The third-order valence-corrected chi connectivity index (χ3v) is 2.65. The van der Waals surface area contributed by atoms with Crippen molar-refractivity contribution >= 4 is 5.97 Å². The standard InChI is InChI=1S/C13H10O5/c14-13(15)11-5-4-9(18-11)8-2-1-3-10-12(8)17-7-6-16-10/h1-5H,6-7H2,(H,14,15). The summed E-state index contributed by atoms with van der Waals surface area (Å²) >= 11 is 0. The molecule has 1 aromatic carbocycles. The molecule has 0 saturated heterocycles. The van der Waals surface area contributed by atoms with Crippen molar-refractivity contribution in [2.75, 3.05) is 13.2 Å². The molecule has 18 heavy (non-hydrogen) atoms. The minimum absolute atomic E-state index is 0.0978. The van der Waals surface area contributed by atoms with Crippen LogP contribution in [0.1, 0.15) is 10.6 Å². The molecule has 2 aromatic rings. The predicted octanol–water partition coefficient (Wildman–Crippen LogP) is 2.42. The van der Waals surface area contributed by atoms with Crippen LogP contribution in [-0.2, 0) is 0 Å². The summed E-state index contributed by atoms with van der Waals surface area (Å²) < 4.78 is 16.3. The molecule has 0 aliphatic carbocycles. The number of hydrogen-bond acceptors (Lipinski definition) is 4. The number of rotatable bonds is 2. The van der Waals surface area contributed by atoms with E-state index in [9.17, 15) is 4.79 Å². The van der Waals surface area contributed by atoms with Crippen molar-refractivity contribution in [3.05, 3.63) is 36.1 Å². The van der Waals surface area contributed by atoms with Crippen LogP contribution < -0.4 is 9.47 Å². The zero-order chi connectivity index (χ0) is 12.5. The number of benzene rings is 1. The summed E-state index contributed by atoms with van der Waals surface area (Å²) in [4.78, 5) is 10.8. The lowest BCUT2D eigenvalue weighted by Crippen LogP contribution is -2.15. The van der Waals surface area contributed by atoms with Crippen molar-refractivity contribution in [2.24, 2.45) is 0 Å². The minimum atomic E-state index is -1.09. The Morgan fingerprint density at radius 1 is 1.11 bits per heavy atom. The van der Waals surface area contributed by atoms with E-state index in [0.717, 1.165) is 0 Å². The van der Waals surface area contributed by atoms with Crippen molar-refractivity contribution in [2.45, 2.75) is 0 Å². The molecule has 92 valence electrons. The van der Waals surface area contributed by atoms with Gasteiger partial charge < -0.3 is 19.0 Å². The van der Waals surface area contributed by atoms with E-state index in [4.69, 9.17) is 19.0 Å². The van der Waals surface area contributed by atoms with Crippen LogP contribution in [0.5, 0.6) is 11.5 Å². The van der Waals surface area contributed by atoms with Crippen LogP contribution in [0.25, 0.3) is 11.3 Å². The van der Waals surface area contributed by atoms with E-state index in [0.29, 0.717) is 36.0 Å². The van der Waals surface area contributed by atoms with E-state index in [2.05, 4.69) is 0 Å². The topological polar surface area (TPSA) is 68.9 Å². The Bertz CT molecular complexity index is 599. The van der Waals surface area contributed by atoms with Gasteiger partial charge in [-0.25, -0.2) is 4.79 Å². The summed E-state index contributed by atoms with van der Waals surface area (Å²) in [6, 6.07) is 8.45. The number of carboxylic acid groups (broad SMARTS) is 1. The first-order valence-electron chi connectivity index (χ1n) is 5.48. The molecule has 1 aromatic heterocycles. The highest BCUT2D eigenvalue weighted by molar-refractivity contribution is 5.85. The number of ether oxygens (including phenoxy) is 2. The van der Waals surface area contributed by atoms with E-state index >= 15 is 0 Å². The van der Waals surface area contributed by atoms with E-state index in [1.54, 1.807) is 18.2 Å². The van der Waals surface area contributed by atoms with E-state index < -0.39 is 5.97 Å². The van der Waals surface area contributed by atoms with Gasteiger partial charge in [-0.3, -0.25) is 0 Å². The number of aromatic carboxylic acids is 1. The summed E-state index contributed by atoms with van der Waals surface area (Å²) in [6.07, 6.45) is 0. The molecule has 1 aliphatic heterocycles. The van der Waals surface area contributed by atoms with Gasteiger partial charge in [-0.2, -0.15) is 0 Å². The smallest absolute Gasteiger partial charge is 0.371 e. The number of furan rings is 1. The van der Waals surface area contributed by atoms with Crippen LogP contribution >= 0.6 is 0 Å². The van der Waals surface area contributed by atoms with Gasteiger partial charge in [0, 0.05) is 0 Å². The molecule has 0 atom stereocenters. The number of hydrogen-bond donors (Lipinski definition) is 1. The average Bonchev–Trinajstić information content (AvgIpc) is 2.87. The Hall–Kier alpha value is -2.43. The van der Waals surface area contributed by atoms with Crippen LogP contribution in [0.3, 0.4) is 0 Å². The molecule has 1 aliphatic rings. The lowest BCUT2D eigenvalue weighted by Gasteiger charge is -2.20. The van der Waals surface area contributed by atoms with Gasteiger partial charge in [0.25, 0.3) is 0 Å².